The average molecular weight is 342 g/mol. The lowest BCUT2D eigenvalue weighted by Crippen LogP contribution is -2.36. The van der Waals surface area contributed by atoms with Gasteiger partial charge in [-0.15, -0.1) is 0 Å². The summed E-state index contributed by atoms with van der Waals surface area (Å²) in [6, 6.07) is 7.46. The van der Waals surface area contributed by atoms with Gasteiger partial charge in [-0.2, -0.15) is 5.10 Å². The standard InChI is InChI=1S/C18H22N4O3/c1-13(14-4-6-15(7-5-14)22-12-19-11-20-22)21-16(23)10-18(17(24)25)8-2-3-9-18/h4-7,11-13H,2-3,8-10H2,1H3,(H,21,23)(H,24,25)/t13-/m1/s1. The molecule has 1 aliphatic carbocycles. The third-order valence-electron chi connectivity index (χ3n) is 4.97. The lowest BCUT2D eigenvalue weighted by atomic mass is 9.82. The number of amides is 1. The third-order valence-corrected chi connectivity index (χ3v) is 4.97. The molecule has 132 valence electrons. The second-order valence-corrected chi connectivity index (χ2v) is 6.69. The van der Waals surface area contributed by atoms with Crippen molar-refractivity contribution in [2.75, 3.05) is 0 Å². The SMILES string of the molecule is C[C@@H](NC(=O)CC1(C(=O)O)CCCC1)c1ccc(-n2cncn2)cc1. The van der Waals surface area contributed by atoms with Gasteiger partial charge in [0.1, 0.15) is 12.7 Å². The second kappa shape index (κ2) is 7.04. The van der Waals surface area contributed by atoms with Gasteiger partial charge in [-0.1, -0.05) is 25.0 Å². The van der Waals surface area contributed by atoms with Crippen LogP contribution in [0.5, 0.6) is 0 Å². The van der Waals surface area contributed by atoms with Crippen molar-refractivity contribution >= 4 is 11.9 Å². The molecule has 1 atom stereocenters. The molecule has 0 aliphatic heterocycles. The Morgan fingerprint density at radius 3 is 2.52 bits per heavy atom. The number of hydrogen-bond acceptors (Lipinski definition) is 4. The van der Waals surface area contributed by atoms with Crippen molar-refractivity contribution < 1.29 is 14.7 Å². The Morgan fingerprint density at radius 1 is 1.28 bits per heavy atom. The Balaban J connectivity index is 1.62. The van der Waals surface area contributed by atoms with Crippen LogP contribution in [-0.2, 0) is 9.59 Å². The van der Waals surface area contributed by atoms with Gasteiger partial charge >= 0.3 is 5.97 Å². The van der Waals surface area contributed by atoms with Gasteiger partial charge in [-0.05, 0) is 37.5 Å². The Labute approximate surface area is 146 Å². The first kappa shape index (κ1) is 17.1. The molecular weight excluding hydrogens is 320 g/mol. The van der Waals surface area contributed by atoms with E-state index in [0.29, 0.717) is 12.8 Å². The quantitative estimate of drug-likeness (QED) is 0.840. The Morgan fingerprint density at radius 2 is 1.96 bits per heavy atom. The van der Waals surface area contributed by atoms with Crippen LogP contribution in [0.3, 0.4) is 0 Å². The van der Waals surface area contributed by atoms with E-state index < -0.39 is 11.4 Å². The van der Waals surface area contributed by atoms with Crippen LogP contribution in [0.2, 0.25) is 0 Å². The fraction of sp³-hybridized carbons (Fsp3) is 0.444. The first-order valence-electron chi connectivity index (χ1n) is 8.48. The number of rotatable bonds is 6. The first-order chi connectivity index (χ1) is 12.0. The monoisotopic (exact) mass is 342 g/mol. The molecule has 25 heavy (non-hydrogen) atoms. The highest BCUT2D eigenvalue weighted by atomic mass is 16.4. The van der Waals surface area contributed by atoms with Crippen LogP contribution in [0.4, 0.5) is 0 Å². The van der Waals surface area contributed by atoms with E-state index in [-0.39, 0.29) is 18.4 Å². The number of carboxylic acid groups (broad SMARTS) is 1. The number of nitrogens with zero attached hydrogens (tertiary/aromatic N) is 3. The highest BCUT2D eigenvalue weighted by Gasteiger charge is 2.43. The maximum absolute atomic E-state index is 12.3. The molecule has 3 rings (SSSR count). The molecule has 1 aromatic carbocycles. The van der Waals surface area contributed by atoms with Crippen LogP contribution in [0.15, 0.2) is 36.9 Å². The van der Waals surface area contributed by atoms with Crippen molar-refractivity contribution in [2.45, 2.75) is 45.1 Å². The summed E-state index contributed by atoms with van der Waals surface area (Å²) in [5.41, 5.74) is 0.949. The number of carbonyl (C=O) groups excluding carboxylic acids is 1. The Kier molecular flexibility index (Phi) is 4.83. The van der Waals surface area contributed by atoms with E-state index in [2.05, 4.69) is 15.4 Å². The van der Waals surface area contributed by atoms with Crippen LogP contribution in [0.25, 0.3) is 5.69 Å². The molecule has 1 aliphatic rings. The zero-order valence-corrected chi connectivity index (χ0v) is 14.2. The number of hydrogen-bond donors (Lipinski definition) is 2. The number of aliphatic carboxylic acids is 1. The zero-order valence-electron chi connectivity index (χ0n) is 14.2. The summed E-state index contributed by atoms with van der Waals surface area (Å²) < 4.78 is 1.66. The van der Waals surface area contributed by atoms with Crippen LogP contribution < -0.4 is 5.32 Å². The van der Waals surface area contributed by atoms with Gasteiger partial charge in [0.05, 0.1) is 17.1 Å². The molecule has 0 spiro atoms. The van der Waals surface area contributed by atoms with E-state index in [1.54, 1.807) is 11.0 Å². The van der Waals surface area contributed by atoms with Crippen molar-refractivity contribution in [2.24, 2.45) is 5.41 Å². The summed E-state index contributed by atoms with van der Waals surface area (Å²) in [5, 5.41) is 16.5. The Bertz CT molecular complexity index is 734. The molecule has 1 saturated carbocycles. The summed E-state index contributed by atoms with van der Waals surface area (Å²) in [6.07, 6.45) is 6.04. The summed E-state index contributed by atoms with van der Waals surface area (Å²) in [4.78, 5) is 27.8. The molecule has 1 aromatic heterocycles. The zero-order chi connectivity index (χ0) is 17.9. The molecule has 7 nitrogen and oxygen atoms in total. The minimum absolute atomic E-state index is 0.0454. The van der Waals surface area contributed by atoms with E-state index in [0.717, 1.165) is 24.1 Å². The maximum Gasteiger partial charge on any atom is 0.310 e. The first-order valence-corrected chi connectivity index (χ1v) is 8.48. The number of aromatic nitrogens is 3. The van der Waals surface area contributed by atoms with Crippen LogP contribution >= 0.6 is 0 Å². The lowest BCUT2D eigenvalue weighted by Gasteiger charge is -2.24. The van der Waals surface area contributed by atoms with Crippen molar-refractivity contribution in [1.29, 1.82) is 0 Å². The minimum atomic E-state index is -0.888. The van der Waals surface area contributed by atoms with Crippen molar-refractivity contribution in [3.63, 3.8) is 0 Å². The molecule has 7 heteroatoms. The van der Waals surface area contributed by atoms with Gasteiger partial charge in [0, 0.05) is 6.42 Å². The number of benzene rings is 1. The third kappa shape index (κ3) is 3.70. The number of carboxylic acids is 1. The summed E-state index contributed by atoms with van der Waals surface area (Å²) in [6.45, 7) is 1.89. The predicted molar refractivity (Wildman–Crippen MR) is 91.1 cm³/mol. The second-order valence-electron chi connectivity index (χ2n) is 6.69. The summed E-state index contributed by atoms with van der Waals surface area (Å²) in [7, 11) is 0. The van der Waals surface area contributed by atoms with E-state index in [4.69, 9.17) is 0 Å². The Hall–Kier alpha value is -2.70. The molecular formula is C18H22N4O3. The van der Waals surface area contributed by atoms with Gasteiger partial charge in [0.2, 0.25) is 5.91 Å². The van der Waals surface area contributed by atoms with Gasteiger partial charge < -0.3 is 10.4 Å². The van der Waals surface area contributed by atoms with Gasteiger partial charge in [0.25, 0.3) is 0 Å². The predicted octanol–water partition coefficient (Wildman–Crippen LogP) is 2.48. The molecule has 0 bridgehead atoms. The highest BCUT2D eigenvalue weighted by molar-refractivity contribution is 5.85. The molecule has 1 fully saturated rings. The molecule has 1 heterocycles. The number of nitrogens with one attached hydrogen (secondary N) is 1. The van der Waals surface area contributed by atoms with Crippen molar-refractivity contribution in [1.82, 2.24) is 20.1 Å². The van der Waals surface area contributed by atoms with Gasteiger partial charge in [-0.25, -0.2) is 9.67 Å². The topological polar surface area (TPSA) is 97.1 Å². The largest absolute Gasteiger partial charge is 0.481 e. The molecule has 0 unspecified atom stereocenters. The maximum atomic E-state index is 12.3. The van der Waals surface area contributed by atoms with E-state index >= 15 is 0 Å². The van der Waals surface area contributed by atoms with E-state index in [1.165, 1.54) is 6.33 Å². The molecule has 2 aromatic rings. The molecule has 1 amide bonds. The van der Waals surface area contributed by atoms with Crippen molar-refractivity contribution in [3.8, 4) is 5.69 Å². The van der Waals surface area contributed by atoms with Crippen LogP contribution in [0, 0.1) is 5.41 Å². The molecule has 0 saturated heterocycles. The average Bonchev–Trinajstić information content (AvgIpc) is 3.27. The highest BCUT2D eigenvalue weighted by Crippen LogP contribution is 2.41. The van der Waals surface area contributed by atoms with Crippen LogP contribution in [0.1, 0.15) is 50.6 Å². The fourth-order valence-electron chi connectivity index (χ4n) is 3.46. The minimum Gasteiger partial charge on any atom is -0.481 e. The summed E-state index contributed by atoms with van der Waals surface area (Å²) >= 11 is 0. The van der Waals surface area contributed by atoms with Gasteiger partial charge in [0.15, 0.2) is 0 Å². The molecule has 2 N–H and O–H groups in total. The van der Waals surface area contributed by atoms with Crippen molar-refractivity contribution in [3.05, 3.63) is 42.5 Å². The smallest absolute Gasteiger partial charge is 0.310 e. The lowest BCUT2D eigenvalue weighted by molar-refractivity contribution is -0.151. The number of carbonyl (C=O) groups is 2. The van der Waals surface area contributed by atoms with Gasteiger partial charge in [-0.3, -0.25) is 9.59 Å². The fourth-order valence-corrected chi connectivity index (χ4v) is 3.46. The molecule has 0 radical (unpaired) electrons. The van der Waals surface area contributed by atoms with Crippen LogP contribution in [-0.4, -0.2) is 31.7 Å². The summed E-state index contributed by atoms with van der Waals surface area (Å²) in [5.74, 6) is -1.07. The van der Waals surface area contributed by atoms with E-state index in [9.17, 15) is 14.7 Å². The van der Waals surface area contributed by atoms with E-state index in [1.807, 2.05) is 31.2 Å². The normalized spacial score (nSPS) is 17.2.